The maximum absolute atomic E-state index is 12.3. The molecule has 0 atom stereocenters. The second-order valence-electron chi connectivity index (χ2n) is 4.08. The number of hydrogen-bond donors (Lipinski definition) is 1. The number of hydrogen-bond acceptors (Lipinski definition) is 2. The number of halogens is 2. The van der Waals surface area contributed by atoms with Gasteiger partial charge in [0.15, 0.2) is 0 Å². The van der Waals surface area contributed by atoms with E-state index < -0.39 is 0 Å². The topological polar surface area (TPSA) is 40.5 Å². The van der Waals surface area contributed by atoms with Crippen molar-refractivity contribution < 1.29 is 9.90 Å². The average Bonchev–Trinajstić information content (AvgIpc) is 3.12. The van der Waals surface area contributed by atoms with Gasteiger partial charge in [-0.2, -0.15) is 0 Å². The number of alkyl halides is 1. The fraction of sp³-hybridized carbons (Fsp3) is 0.417. The molecule has 3 nitrogen and oxygen atoms in total. The smallest absolute Gasteiger partial charge is 0.257 e. The SMILES string of the molecule is O=C(c1cc(Br)ccc1O)N(CCCl)C1CC1. The lowest BCUT2D eigenvalue weighted by Crippen LogP contribution is -2.34. The Morgan fingerprint density at radius 3 is 2.82 bits per heavy atom. The summed E-state index contributed by atoms with van der Waals surface area (Å²) < 4.78 is 0.778. The van der Waals surface area contributed by atoms with E-state index >= 15 is 0 Å². The highest BCUT2D eigenvalue weighted by Crippen LogP contribution is 2.30. The number of phenolic OH excluding ortho intramolecular Hbond substituents is 1. The normalized spacial score (nSPS) is 14.7. The van der Waals surface area contributed by atoms with Crippen molar-refractivity contribution in [2.75, 3.05) is 12.4 Å². The van der Waals surface area contributed by atoms with Gasteiger partial charge in [0.2, 0.25) is 0 Å². The maximum Gasteiger partial charge on any atom is 0.257 e. The van der Waals surface area contributed by atoms with Gasteiger partial charge in [-0.05, 0) is 31.0 Å². The number of rotatable bonds is 4. The number of benzene rings is 1. The van der Waals surface area contributed by atoms with Gasteiger partial charge in [-0.3, -0.25) is 4.79 Å². The zero-order chi connectivity index (χ0) is 12.4. The van der Waals surface area contributed by atoms with Crippen LogP contribution >= 0.6 is 27.5 Å². The standard InChI is InChI=1S/C12H13BrClNO2/c13-8-1-4-11(16)10(7-8)12(17)15(6-5-14)9-2-3-9/h1,4,7,9,16H,2-3,5-6H2. The number of nitrogens with zero attached hydrogens (tertiary/aromatic N) is 1. The molecule has 0 radical (unpaired) electrons. The van der Waals surface area contributed by atoms with Crippen LogP contribution < -0.4 is 0 Å². The van der Waals surface area contributed by atoms with Gasteiger partial charge < -0.3 is 10.0 Å². The van der Waals surface area contributed by atoms with Crippen molar-refractivity contribution in [1.82, 2.24) is 4.90 Å². The monoisotopic (exact) mass is 317 g/mol. The van der Waals surface area contributed by atoms with E-state index in [0.717, 1.165) is 17.3 Å². The van der Waals surface area contributed by atoms with Crippen molar-refractivity contribution in [3.05, 3.63) is 28.2 Å². The van der Waals surface area contributed by atoms with Crippen molar-refractivity contribution in [2.45, 2.75) is 18.9 Å². The second kappa shape index (κ2) is 5.27. The summed E-state index contributed by atoms with van der Waals surface area (Å²) in [6, 6.07) is 5.15. The van der Waals surface area contributed by atoms with Gasteiger partial charge in [0, 0.05) is 22.9 Å². The highest BCUT2D eigenvalue weighted by Gasteiger charge is 2.33. The molecule has 0 bridgehead atoms. The molecule has 1 aliphatic carbocycles. The Balaban J connectivity index is 2.24. The van der Waals surface area contributed by atoms with Gasteiger partial charge in [-0.25, -0.2) is 0 Å². The highest BCUT2D eigenvalue weighted by atomic mass is 79.9. The maximum atomic E-state index is 12.3. The van der Waals surface area contributed by atoms with Crippen LogP contribution in [0.5, 0.6) is 5.75 Å². The first-order valence-corrected chi connectivity index (χ1v) is 6.81. The summed E-state index contributed by atoms with van der Waals surface area (Å²) >= 11 is 9.00. The molecule has 0 unspecified atom stereocenters. The Morgan fingerprint density at radius 1 is 1.53 bits per heavy atom. The van der Waals surface area contributed by atoms with Crippen LogP contribution in [0.15, 0.2) is 22.7 Å². The lowest BCUT2D eigenvalue weighted by atomic mass is 10.1. The molecular weight excluding hydrogens is 305 g/mol. The quantitative estimate of drug-likeness (QED) is 0.867. The first kappa shape index (κ1) is 12.7. The average molecular weight is 319 g/mol. The van der Waals surface area contributed by atoms with Crippen LogP contribution in [0.2, 0.25) is 0 Å². The van der Waals surface area contributed by atoms with Gasteiger partial charge in [0.25, 0.3) is 5.91 Å². The molecule has 0 aliphatic heterocycles. The van der Waals surface area contributed by atoms with Crippen LogP contribution in [-0.2, 0) is 0 Å². The van der Waals surface area contributed by atoms with E-state index in [1.54, 1.807) is 17.0 Å². The predicted octanol–water partition coefficient (Wildman–Crippen LogP) is 3.00. The molecule has 92 valence electrons. The minimum Gasteiger partial charge on any atom is -0.507 e. The van der Waals surface area contributed by atoms with Crippen LogP contribution in [0.1, 0.15) is 23.2 Å². The number of carbonyl (C=O) groups excluding carboxylic acids is 1. The molecule has 5 heteroatoms. The van der Waals surface area contributed by atoms with Gasteiger partial charge in [-0.15, -0.1) is 11.6 Å². The van der Waals surface area contributed by atoms with Gasteiger partial charge in [-0.1, -0.05) is 15.9 Å². The summed E-state index contributed by atoms with van der Waals surface area (Å²) in [7, 11) is 0. The molecule has 1 saturated carbocycles. The van der Waals surface area contributed by atoms with E-state index in [4.69, 9.17) is 11.6 Å². The van der Waals surface area contributed by atoms with Crippen LogP contribution in [-0.4, -0.2) is 34.4 Å². The molecule has 0 heterocycles. The van der Waals surface area contributed by atoms with E-state index in [9.17, 15) is 9.90 Å². The number of aromatic hydroxyl groups is 1. The Bertz CT molecular complexity index is 435. The predicted molar refractivity (Wildman–Crippen MR) is 70.6 cm³/mol. The molecule has 1 aromatic carbocycles. The van der Waals surface area contributed by atoms with Crippen molar-refractivity contribution in [3.63, 3.8) is 0 Å². The second-order valence-corrected chi connectivity index (χ2v) is 5.37. The molecular formula is C12H13BrClNO2. The third-order valence-electron chi connectivity index (χ3n) is 2.76. The van der Waals surface area contributed by atoms with Crippen molar-refractivity contribution >= 4 is 33.4 Å². The Morgan fingerprint density at radius 2 is 2.24 bits per heavy atom. The molecule has 0 saturated heterocycles. The zero-order valence-corrected chi connectivity index (χ0v) is 11.5. The highest BCUT2D eigenvalue weighted by molar-refractivity contribution is 9.10. The molecule has 1 N–H and O–H groups in total. The zero-order valence-electron chi connectivity index (χ0n) is 9.20. The van der Waals surface area contributed by atoms with Crippen LogP contribution in [0.4, 0.5) is 0 Å². The molecule has 0 spiro atoms. The third-order valence-corrected chi connectivity index (χ3v) is 3.43. The minimum absolute atomic E-state index is 0.0124. The van der Waals surface area contributed by atoms with Crippen molar-refractivity contribution in [3.8, 4) is 5.75 Å². The summed E-state index contributed by atoms with van der Waals surface area (Å²) in [5, 5.41) is 9.72. The van der Waals surface area contributed by atoms with Crippen LogP contribution in [0.25, 0.3) is 0 Å². The summed E-state index contributed by atoms with van der Waals surface area (Å²) in [5.41, 5.74) is 0.330. The number of amides is 1. The molecule has 1 aromatic rings. The Kier molecular flexibility index (Phi) is 3.94. The molecule has 17 heavy (non-hydrogen) atoms. The molecule has 0 aromatic heterocycles. The summed E-state index contributed by atoms with van der Waals surface area (Å²) in [6.45, 7) is 0.525. The van der Waals surface area contributed by atoms with Crippen LogP contribution in [0, 0.1) is 0 Å². The van der Waals surface area contributed by atoms with Gasteiger partial charge >= 0.3 is 0 Å². The van der Waals surface area contributed by atoms with E-state index in [-0.39, 0.29) is 11.7 Å². The molecule has 2 rings (SSSR count). The van der Waals surface area contributed by atoms with Crippen molar-refractivity contribution in [1.29, 1.82) is 0 Å². The molecule has 1 aliphatic rings. The van der Waals surface area contributed by atoms with Crippen LogP contribution in [0.3, 0.4) is 0 Å². The largest absolute Gasteiger partial charge is 0.507 e. The van der Waals surface area contributed by atoms with Gasteiger partial charge in [0.05, 0.1) is 5.56 Å². The minimum atomic E-state index is -0.146. The first-order chi connectivity index (χ1) is 8.13. The molecule has 1 fully saturated rings. The lowest BCUT2D eigenvalue weighted by Gasteiger charge is -2.21. The molecule has 1 amide bonds. The fourth-order valence-corrected chi connectivity index (χ4v) is 2.30. The van der Waals surface area contributed by atoms with E-state index in [2.05, 4.69) is 15.9 Å². The summed E-state index contributed by atoms with van der Waals surface area (Å²) in [6.07, 6.45) is 2.05. The number of carbonyl (C=O) groups is 1. The third kappa shape index (κ3) is 2.93. The van der Waals surface area contributed by atoms with E-state index in [1.807, 2.05) is 0 Å². The van der Waals surface area contributed by atoms with Crippen molar-refractivity contribution in [2.24, 2.45) is 0 Å². The Hall–Kier alpha value is -0.740. The number of phenols is 1. The summed E-state index contributed by atoms with van der Waals surface area (Å²) in [5.74, 6) is 0.280. The lowest BCUT2D eigenvalue weighted by molar-refractivity contribution is 0.0750. The Labute approximate surface area is 114 Å². The summed E-state index contributed by atoms with van der Waals surface area (Å²) in [4.78, 5) is 14.0. The van der Waals surface area contributed by atoms with E-state index in [1.165, 1.54) is 6.07 Å². The fourth-order valence-electron chi connectivity index (χ4n) is 1.76. The van der Waals surface area contributed by atoms with Gasteiger partial charge in [0.1, 0.15) is 5.75 Å². The van der Waals surface area contributed by atoms with E-state index in [0.29, 0.717) is 24.0 Å². The first-order valence-electron chi connectivity index (χ1n) is 5.49.